The summed E-state index contributed by atoms with van der Waals surface area (Å²) in [4.78, 5) is 27.6. The van der Waals surface area contributed by atoms with Gasteiger partial charge < -0.3 is 10.4 Å². The van der Waals surface area contributed by atoms with Gasteiger partial charge in [-0.15, -0.1) is 23.1 Å². The molecule has 0 radical (unpaired) electrons. The predicted molar refractivity (Wildman–Crippen MR) is 83.5 cm³/mol. The fourth-order valence-corrected chi connectivity index (χ4v) is 5.01. The summed E-state index contributed by atoms with van der Waals surface area (Å²) in [7, 11) is 0. The summed E-state index contributed by atoms with van der Waals surface area (Å²) >= 11 is 3.24. The Morgan fingerprint density at radius 2 is 2.19 bits per heavy atom. The van der Waals surface area contributed by atoms with Crippen LogP contribution in [0.1, 0.15) is 22.6 Å². The van der Waals surface area contributed by atoms with Gasteiger partial charge in [0.25, 0.3) is 0 Å². The van der Waals surface area contributed by atoms with Crippen molar-refractivity contribution in [1.29, 1.82) is 0 Å². The van der Waals surface area contributed by atoms with Crippen LogP contribution < -0.4 is 5.32 Å². The van der Waals surface area contributed by atoms with Crippen LogP contribution in [0.25, 0.3) is 0 Å². The molecule has 0 aromatic carbocycles. The number of urea groups is 1. The zero-order valence-corrected chi connectivity index (χ0v) is 13.4. The van der Waals surface area contributed by atoms with Crippen LogP contribution in [0.3, 0.4) is 0 Å². The third kappa shape index (κ3) is 3.18. The van der Waals surface area contributed by atoms with Crippen LogP contribution in [0.2, 0.25) is 0 Å². The van der Waals surface area contributed by atoms with Gasteiger partial charge in [-0.3, -0.25) is 4.90 Å². The molecule has 0 bridgehead atoms. The Morgan fingerprint density at radius 1 is 1.43 bits per heavy atom. The molecule has 2 N–H and O–H groups in total. The number of aliphatic carboxylic acids is 1. The number of rotatable bonds is 4. The summed E-state index contributed by atoms with van der Waals surface area (Å²) in [5.74, 6) is 0.0454. The summed E-state index contributed by atoms with van der Waals surface area (Å²) < 4.78 is 0. The van der Waals surface area contributed by atoms with Gasteiger partial charge in [0.15, 0.2) is 0 Å². The second kappa shape index (κ2) is 5.88. The molecule has 1 aliphatic carbocycles. The average molecular weight is 326 g/mol. The van der Waals surface area contributed by atoms with E-state index < -0.39 is 12.0 Å². The highest BCUT2D eigenvalue weighted by Crippen LogP contribution is 2.45. The molecule has 7 heteroatoms. The van der Waals surface area contributed by atoms with Gasteiger partial charge in [-0.2, -0.15) is 0 Å². The average Bonchev–Trinajstić information content (AvgIpc) is 3.04. The van der Waals surface area contributed by atoms with Crippen LogP contribution in [-0.2, 0) is 11.3 Å². The Balaban J connectivity index is 1.66. The summed E-state index contributed by atoms with van der Waals surface area (Å²) in [6.07, 6.45) is 2.19. The third-order valence-electron chi connectivity index (χ3n) is 3.79. The zero-order chi connectivity index (χ0) is 15.0. The Bertz CT molecular complexity index is 556. The van der Waals surface area contributed by atoms with Gasteiger partial charge in [0, 0.05) is 15.5 Å². The molecule has 2 aliphatic rings. The minimum absolute atomic E-state index is 0.0242. The lowest BCUT2D eigenvalue weighted by Crippen LogP contribution is -2.50. The lowest BCUT2D eigenvalue weighted by atomic mass is 10.2. The summed E-state index contributed by atoms with van der Waals surface area (Å²) in [5.41, 5.74) is 0. The molecule has 2 unspecified atom stereocenters. The number of aryl methyl sites for hydroxylation is 1. The number of thioether (sulfide) groups is 1. The maximum atomic E-state index is 12.4. The molecule has 2 fully saturated rings. The second-order valence-electron chi connectivity index (χ2n) is 5.49. The van der Waals surface area contributed by atoms with Crippen molar-refractivity contribution in [1.82, 2.24) is 10.2 Å². The first-order chi connectivity index (χ1) is 10.1. The molecule has 21 heavy (non-hydrogen) atoms. The summed E-state index contributed by atoms with van der Waals surface area (Å²) in [6.45, 7) is 2.49. The first kappa shape index (κ1) is 14.7. The van der Waals surface area contributed by atoms with E-state index in [1.165, 1.54) is 4.88 Å². The van der Waals surface area contributed by atoms with E-state index in [-0.39, 0.29) is 11.4 Å². The lowest BCUT2D eigenvalue weighted by molar-refractivity contribution is -0.141. The molecule has 2 heterocycles. The van der Waals surface area contributed by atoms with Gasteiger partial charge in [-0.05, 0) is 37.8 Å². The van der Waals surface area contributed by atoms with E-state index in [4.69, 9.17) is 0 Å². The smallest absolute Gasteiger partial charge is 0.327 e. The summed E-state index contributed by atoms with van der Waals surface area (Å²) in [6, 6.07) is 3.05. The van der Waals surface area contributed by atoms with Crippen LogP contribution in [0.15, 0.2) is 12.1 Å². The monoisotopic (exact) mass is 326 g/mol. The fourth-order valence-electron chi connectivity index (χ4n) is 2.55. The highest BCUT2D eigenvalue weighted by molar-refractivity contribution is 8.00. The van der Waals surface area contributed by atoms with Crippen molar-refractivity contribution < 1.29 is 14.7 Å². The number of carboxylic acid groups (broad SMARTS) is 1. The Morgan fingerprint density at radius 3 is 2.76 bits per heavy atom. The van der Waals surface area contributed by atoms with Crippen LogP contribution in [0.4, 0.5) is 4.79 Å². The van der Waals surface area contributed by atoms with E-state index in [0.717, 1.165) is 17.7 Å². The number of nitrogens with zero attached hydrogens (tertiary/aromatic N) is 1. The first-order valence-corrected chi connectivity index (χ1v) is 8.88. The van der Waals surface area contributed by atoms with Gasteiger partial charge in [0.05, 0.1) is 11.9 Å². The van der Waals surface area contributed by atoms with E-state index in [9.17, 15) is 14.7 Å². The molecule has 1 aromatic heterocycles. The third-order valence-corrected chi connectivity index (χ3v) is 6.25. The van der Waals surface area contributed by atoms with Gasteiger partial charge >= 0.3 is 12.0 Å². The molecule has 1 aromatic rings. The molecule has 0 spiro atoms. The molecule has 3 rings (SSSR count). The normalized spacial score (nSPS) is 25.1. The van der Waals surface area contributed by atoms with Gasteiger partial charge in [-0.25, -0.2) is 9.59 Å². The molecular weight excluding hydrogens is 308 g/mol. The van der Waals surface area contributed by atoms with E-state index in [1.54, 1.807) is 28.0 Å². The number of thiophene rings is 1. The number of nitrogens with one attached hydrogen (secondary N) is 1. The molecule has 114 valence electrons. The Labute approximate surface area is 131 Å². The van der Waals surface area contributed by atoms with E-state index in [2.05, 4.69) is 5.32 Å². The molecule has 1 saturated heterocycles. The van der Waals surface area contributed by atoms with Crippen LogP contribution in [0, 0.1) is 12.8 Å². The van der Waals surface area contributed by atoms with E-state index >= 15 is 0 Å². The predicted octanol–water partition coefficient (Wildman–Crippen LogP) is 2.50. The van der Waals surface area contributed by atoms with Crippen LogP contribution in [0.5, 0.6) is 0 Å². The quantitative estimate of drug-likeness (QED) is 0.892. The number of carbonyl (C=O) groups excluding carboxylic acids is 1. The standard InChI is InChI=1S/C14H18N2O3S2/c1-8-2-5-10(21-8)6-15-14(19)16-11(13(17)18)7-20-12(16)9-3-4-9/h2,5,9,11-12H,3-4,6-7H2,1H3,(H,15,19)(H,17,18). The van der Waals surface area contributed by atoms with Crippen molar-refractivity contribution in [3.63, 3.8) is 0 Å². The Kier molecular flexibility index (Phi) is 4.12. The van der Waals surface area contributed by atoms with Crippen LogP contribution >= 0.6 is 23.1 Å². The van der Waals surface area contributed by atoms with Crippen molar-refractivity contribution in [2.75, 3.05) is 5.75 Å². The largest absolute Gasteiger partial charge is 0.480 e. The van der Waals surface area contributed by atoms with Crippen molar-refractivity contribution in [2.24, 2.45) is 5.92 Å². The molecule has 1 aliphatic heterocycles. The Hall–Kier alpha value is -1.21. The second-order valence-corrected chi connectivity index (χ2v) is 8.02. The lowest BCUT2D eigenvalue weighted by Gasteiger charge is -2.27. The SMILES string of the molecule is Cc1ccc(CNC(=O)N2C(C(=O)O)CSC2C2CC2)s1. The van der Waals surface area contributed by atoms with E-state index in [1.807, 2.05) is 19.1 Å². The fraction of sp³-hybridized carbons (Fsp3) is 0.571. The van der Waals surface area contributed by atoms with Crippen molar-refractivity contribution in [3.05, 3.63) is 21.9 Å². The maximum absolute atomic E-state index is 12.4. The van der Waals surface area contributed by atoms with Gasteiger partial charge in [-0.1, -0.05) is 0 Å². The van der Waals surface area contributed by atoms with Crippen LogP contribution in [-0.4, -0.2) is 39.2 Å². The van der Waals surface area contributed by atoms with Crippen molar-refractivity contribution >= 4 is 35.1 Å². The zero-order valence-electron chi connectivity index (χ0n) is 11.7. The van der Waals surface area contributed by atoms with Crippen molar-refractivity contribution in [2.45, 2.75) is 37.7 Å². The van der Waals surface area contributed by atoms with Crippen molar-refractivity contribution in [3.8, 4) is 0 Å². The number of amides is 2. The van der Waals surface area contributed by atoms with Gasteiger partial charge in [0.1, 0.15) is 6.04 Å². The minimum atomic E-state index is -0.909. The van der Waals surface area contributed by atoms with E-state index in [0.29, 0.717) is 18.2 Å². The topological polar surface area (TPSA) is 69.6 Å². The number of hydrogen-bond acceptors (Lipinski definition) is 4. The maximum Gasteiger partial charge on any atom is 0.327 e. The molecule has 2 atom stereocenters. The molecule has 5 nitrogen and oxygen atoms in total. The van der Waals surface area contributed by atoms with Gasteiger partial charge in [0.2, 0.25) is 0 Å². The first-order valence-electron chi connectivity index (χ1n) is 7.02. The number of carboxylic acids is 1. The number of carbonyl (C=O) groups is 2. The summed E-state index contributed by atoms with van der Waals surface area (Å²) in [5, 5.41) is 12.2. The minimum Gasteiger partial charge on any atom is -0.480 e. The molecule has 1 saturated carbocycles. The molecular formula is C14H18N2O3S2. The molecule has 2 amide bonds. The highest BCUT2D eigenvalue weighted by Gasteiger charge is 2.48. The highest BCUT2D eigenvalue weighted by atomic mass is 32.2. The number of hydrogen-bond donors (Lipinski definition) is 2.